The van der Waals surface area contributed by atoms with Gasteiger partial charge < -0.3 is 0 Å². The first-order chi connectivity index (χ1) is 8.55. The van der Waals surface area contributed by atoms with Crippen molar-refractivity contribution in [2.24, 2.45) is 0 Å². The molecule has 2 aromatic heterocycles. The van der Waals surface area contributed by atoms with Gasteiger partial charge in [0.25, 0.3) is 0 Å². The zero-order chi connectivity index (χ0) is 12.8. The van der Waals surface area contributed by atoms with Crippen LogP contribution >= 0.6 is 0 Å². The number of aromatic nitrogens is 3. The molecule has 1 aromatic carbocycles. The van der Waals surface area contributed by atoms with Gasteiger partial charge in [-0.25, -0.2) is 9.50 Å². The van der Waals surface area contributed by atoms with Gasteiger partial charge in [0.1, 0.15) is 0 Å². The van der Waals surface area contributed by atoms with Gasteiger partial charge in [0.15, 0.2) is 5.65 Å². The third-order valence-electron chi connectivity index (χ3n) is 2.75. The molecule has 0 spiro atoms. The van der Waals surface area contributed by atoms with Crippen molar-refractivity contribution < 1.29 is 13.2 Å². The minimum Gasteiger partial charge on any atom is -0.299 e. The summed E-state index contributed by atoms with van der Waals surface area (Å²) in [5.41, 5.74) is 1.50. The molecule has 2 heterocycles. The molecule has 0 aliphatic rings. The number of H-pyrrole nitrogens is 1. The largest absolute Gasteiger partial charge is 0.416 e. The Morgan fingerprint density at radius 3 is 2.50 bits per heavy atom. The van der Waals surface area contributed by atoms with Crippen molar-refractivity contribution >= 4 is 5.65 Å². The molecule has 0 aliphatic heterocycles. The van der Waals surface area contributed by atoms with Gasteiger partial charge in [-0.05, 0) is 17.7 Å². The number of benzene rings is 1. The van der Waals surface area contributed by atoms with E-state index in [2.05, 4.69) is 10.1 Å². The molecule has 0 aliphatic carbocycles. The highest BCUT2D eigenvalue weighted by atomic mass is 19.4. The summed E-state index contributed by atoms with van der Waals surface area (Å²) in [6, 6.07) is 5.03. The normalized spacial score (nSPS) is 12.2. The van der Waals surface area contributed by atoms with Crippen molar-refractivity contribution in [2.45, 2.75) is 6.18 Å². The van der Waals surface area contributed by atoms with Gasteiger partial charge in [0.05, 0.1) is 5.56 Å². The Kier molecular flexibility index (Phi) is 2.19. The zero-order valence-corrected chi connectivity index (χ0v) is 9.07. The van der Waals surface area contributed by atoms with Crippen LogP contribution in [0.4, 0.5) is 13.2 Å². The maximum Gasteiger partial charge on any atom is 0.416 e. The maximum atomic E-state index is 12.4. The summed E-state index contributed by atoms with van der Waals surface area (Å²) in [5.74, 6) is 0. The molecule has 92 valence electrons. The first-order valence-electron chi connectivity index (χ1n) is 5.24. The highest BCUT2D eigenvalue weighted by Crippen LogP contribution is 2.31. The van der Waals surface area contributed by atoms with Crippen molar-refractivity contribution in [3.63, 3.8) is 0 Å². The van der Waals surface area contributed by atoms with E-state index < -0.39 is 11.7 Å². The molecule has 0 fully saturated rings. The Morgan fingerprint density at radius 2 is 1.83 bits per heavy atom. The quantitative estimate of drug-likeness (QED) is 0.706. The molecule has 0 saturated carbocycles. The lowest BCUT2D eigenvalue weighted by atomic mass is 10.1. The van der Waals surface area contributed by atoms with Crippen LogP contribution in [0.3, 0.4) is 0 Å². The van der Waals surface area contributed by atoms with Crippen LogP contribution in [0.2, 0.25) is 0 Å². The molecule has 0 saturated heterocycles. The molecular weight excluding hydrogens is 243 g/mol. The fourth-order valence-electron chi connectivity index (χ4n) is 1.86. The summed E-state index contributed by atoms with van der Waals surface area (Å²) in [6.45, 7) is 0. The number of rotatable bonds is 1. The monoisotopic (exact) mass is 251 g/mol. The van der Waals surface area contributed by atoms with Gasteiger partial charge in [-0.15, -0.1) is 0 Å². The van der Waals surface area contributed by atoms with Gasteiger partial charge in [-0.1, -0.05) is 12.1 Å². The molecule has 0 bridgehead atoms. The Balaban J connectivity index is 2.06. The molecule has 3 rings (SSSR count). The predicted molar refractivity (Wildman–Crippen MR) is 60.0 cm³/mol. The molecule has 6 heteroatoms. The van der Waals surface area contributed by atoms with Crippen LogP contribution in [-0.2, 0) is 6.18 Å². The number of alkyl halides is 3. The van der Waals surface area contributed by atoms with Gasteiger partial charge in [-0.2, -0.15) is 13.2 Å². The summed E-state index contributed by atoms with van der Waals surface area (Å²) in [5, 5.41) is 2.94. The van der Waals surface area contributed by atoms with Crippen LogP contribution < -0.4 is 0 Å². The van der Waals surface area contributed by atoms with E-state index in [1.807, 2.05) is 0 Å². The minimum atomic E-state index is -4.31. The molecule has 1 N–H and O–H groups in total. The number of hydrogen-bond donors (Lipinski definition) is 1. The number of aromatic amines is 1. The van der Waals surface area contributed by atoms with Crippen molar-refractivity contribution in [3.05, 3.63) is 48.4 Å². The van der Waals surface area contributed by atoms with E-state index in [1.54, 1.807) is 23.1 Å². The summed E-state index contributed by atoms with van der Waals surface area (Å²) in [6.07, 6.45) is 0.770. The molecule has 0 unspecified atom stereocenters. The maximum absolute atomic E-state index is 12.4. The SMILES string of the molecule is FC(F)(F)c1ccc(-c2c[nH]n3ccnc23)cc1. The lowest BCUT2D eigenvalue weighted by molar-refractivity contribution is -0.137. The number of nitrogens with zero attached hydrogens (tertiary/aromatic N) is 2. The molecule has 18 heavy (non-hydrogen) atoms. The number of fused-ring (bicyclic) bond motifs is 1. The number of hydrogen-bond acceptors (Lipinski definition) is 1. The fourth-order valence-corrected chi connectivity index (χ4v) is 1.86. The predicted octanol–water partition coefficient (Wildman–Crippen LogP) is 3.35. The minimum absolute atomic E-state index is 0.652. The van der Waals surface area contributed by atoms with Crippen molar-refractivity contribution in [1.29, 1.82) is 0 Å². The fraction of sp³-hybridized carbons (Fsp3) is 0.0833. The summed E-state index contributed by atoms with van der Waals surface area (Å²) < 4.78 is 39.0. The van der Waals surface area contributed by atoms with Crippen LogP contribution in [0, 0.1) is 0 Å². The summed E-state index contributed by atoms with van der Waals surface area (Å²) in [7, 11) is 0. The first-order valence-corrected chi connectivity index (χ1v) is 5.24. The van der Waals surface area contributed by atoms with Gasteiger partial charge in [0.2, 0.25) is 0 Å². The van der Waals surface area contributed by atoms with Crippen LogP contribution in [0.1, 0.15) is 5.56 Å². The van der Waals surface area contributed by atoms with Gasteiger partial charge in [0, 0.05) is 24.2 Å². The highest BCUT2D eigenvalue weighted by molar-refractivity contribution is 5.77. The second kappa shape index (κ2) is 3.63. The van der Waals surface area contributed by atoms with Crippen molar-refractivity contribution in [1.82, 2.24) is 14.6 Å². The number of imidazole rings is 1. The highest BCUT2D eigenvalue weighted by Gasteiger charge is 2.30. The Labute approximate surface area is 99.9 Å². The second-order valence-corrected chi connectivity index (χ2v) is 3.88. The van der Waals surface area contributed by atoms with Crippen LogP contribution in [0.25, 0.3) is 16.8 Å². The van der Waals surface area contributed by atoms with E-state index in [0.717, 1.165) is 17.7 Å². The van der Waals surface area contributed by atoms with E-state index in [0.29, 0.717) is 11.2 Å². The van der Waals surface area contributed by atoms with Crippen molar-refractivity contribution in [3.8, 4) is 11.1 Å². The average molecular weight is 251 g/mol. The zero-order valence-electron chi connectivity index (χ0n) is 9.07. The average Bonchev–Trinajstić information content (AvgIpc) is 2.89. The number of nitrogens with one attached hydrogen (secondary N) is 1. The van der Waals surface area contributed by atoms with E-state index in [-0.39, 0.29) is 0 Å². The van der Waals surface area contributed by atoms with E-state index >= 15 is 0 Å². The smallest absolute Gasteiger partial charge is 0.299 e. The lowest BCUT2D eigenvalue weighted by Crippen LogP contribution is -2.03. The molecule has 3 aromatic rings. The number of halogens is 3. The standard InChI is InChI=1S/C12H8F3N3/c13-12(14,15)9-3-1-8(2-4-9)10-7-17-18-6-5-16-11(10)18/h1-7,17H. The Bertz CT molecular complexity index is 676. The second-order valence-electron chi connectivity index (χ2n) is 3.88. The summed E-state index contributed by atoms with van der Waals surface area (Å²) >= 11 is 0. The van der Waals surface area contributed by atoms with Gasteiger partial charge in [-0.3, -0.25) is 5.10 Å². The van der Waals surface area contributed by atoms with Crippen LogP contribution in [0.5, 0.6) is 0 Å². The van der Waals surface area contributed by atoms with E-state index in [1.165, 1.54) is 12.1 Å². The van der Waals surface area contributed by atoms with E-state index in [4.69, 9.17) is 0 Å². The van der Waals surface area contributed by atoms with E-state index in [9.17, 15) is 13.2 Å². The molecular formula is C12H8F3N3. The topological polar surface area (TPSA) is 33.1 Å². The summed E-state index contributed by atoms with van der Waals surface area (Å²) in [4.78, 5) is 4.14. The van der Waals surface area contributed by atoms with Crippen LogP contribution in [0.15, 0.2) is 42.9 Å². The first kappa shape index (κ1) is 10.9. The lowest BCUT2D eigenvalue weighted by Gasteiger charge is -2.06. The van der Waals surface area contributed by atoms with Gasteiger partial charge >= 0.3 is 6.18 Å². The van der Waals surface area contributed by atoms with Crippen molar-refractivity contribution in [2.75, 3.05) is 0 Å². The molecule has 0 amide bonds. The molecule has 0 atom stereocenters. The third kappa shape index (κ3) is 1.66. The molecule has 0 radical (unpaired) electrons. The Hall–Kier alpha value is -2.24. The van der Waals surface area contributed by atoms with Crippen LogP contribution in [-0.4, -0.2) is 14.6 Å². The third-order valence-corrected chi connectivity index (χ3v) is 2.75. The molecule has 3 nitrogen and oxygen atoms in total. The Morgan fingerprint density at radius 1 is 1.11 bits per heavy atom.